The average molecular weight is 305 g/mol. The predicted molar refractivity (Wildman–Crippen MR) is 84.5 cm³/mol. The Hall–Kier alpha value is -1.71. The number of halogens is 1. The van der Waals surface area contributed by atoms with Crippen LogP contribution < -0.4 is 5.32 Å². The number of hydrogen-bond acceptors (Lipinski definition) is 2. The number of unbranched alkanes of at least 4 members (excludes halogenated alkanes) is 2. The molecule has 0 radical (unpaired) electrons. The molecule has 120 valence electrons. The van der Waals surface area contributed by atoms with E-state index in [1.54, 1.807) is 0 Å². The molecule has 1 aromatic rings. The summed E-state index contributed by atoms with van der Waals surface area (Å²) in [6.45, 7) is 1.86. The van der Waals surface area contributed by atoms with Crippen LogP contribution in [0.3, 0.4) is 0 Å². The van der Waals surface area contributed by atoms with Crippen LogP contribution in [0, 0.1) is 0 Å². The Kier molecular flexibility index (Phi) is 6.10. The van der Waals surface area contributed by atoms with Gasteiger partial charge in [-0.05, 0) is 48.8 Å². The van der Waals surface area contributed by atoms with Crippen LogP contribution in [-0.2, 0) is 22.4 Å². The lowest BCUT2D eigenvalue weighted by molar-refractivity contribution is -0.134. The summed E-state index contributed by atoms with van der Waals surface area (Å²) in [5.41, 5.74) is 3.54. The number of amides is 2. The molecule has 0 spiro atoms. The molecular weight excluding hydrogens is 281 g/mol. The number of carbonyl (C=O) groups excluding carboxylic acids is 2. The van der Waals surface area contributed by atoms with E-state index in [9.17, 15) is 14.0 Å². The Bertz CT molecular complexity index is 542. The summed E-state index contributed by atoms with van der Waals surface area (Å²) < 4.78 is 12.1. The molecule has 1 unspecified atom stereocenters. The van der Waals surface area contributed by atoms with Gasteiger partial charge in [0.15, 0.2) is 0 Å². The minimum atomic E-state index is -0.241. The third kappa shape index (κ3) is 4.15. The van der Waals surface area contributed by atoms with Gasteiger partial charge in [-0.2, -0.15) is 0 Å². The molecule has 1 N–H and O–H groups in total. The van der Waals surface area contributed by atoms with Gasteiger partial charge >= 0.3 is 0 Å². The van der Waals surface area contributed by atoms with Crippen LogP contribution in [0.15, 0.2) is 18.2 Å². The third-order valence-electron chi connectivity index (χ3n) is 4.33. The van der Waals surface area contributed by atoms with Gasteiger partial charge in [-0.3, -0.25) is 19.3 Å². The van der Waals surface area contributed by atoms with Crippen molar-refractivity contribution in [3.63, 3.8) is 0 Å². The van der Waals surface area contributed by atoms with E-state index >= 15 is 0 Å². The minimum absolute atomic E-state index is 0.179. The first kappa shape index (κ1) is 16.7. The Morgan fingerprint density at radius 1 is 1.18 bits per heavy atom. The molecule has 1 atom stereocenters. The maximum Gasteiger partial charge on any atom is 0.234 e. The zero-order valence-electron chi connectivity index (χ0n) is 13.2. The molecule has 1 heterocycles. The van der Waals surface area contributed by atoms with Crippen LogP contribution in [0.25, 0.3) is 0 Å². The second kappa shape index (κ2) is 8.06. The second-order valence-corrected chi connectivity index (χ2v) is 5.89. The van der Waals surface area contributed by atoms with Gasteiger partial charge in [0, 0.05) is 6.42 Å². The van der Waals surface area contributed by atoms with Gasteiger partial charge in [0.25, 0.3) is 0 Å². The summed E-state index contributed by atoms with van der Waals surface area (Å²) >= 11 is 0. The maximum absolute atomic E-state index is 12.1. The van der Waals surface area contributed by atoms with Crippen LogP contribution in [0.5, 0.6) is 0 Å². The van der Waals surface area contributed by atoms with Crippen molar-refractivity contribution in [3.05, 3.63) is 34.9 Å². The van der Waals surface area contributed by atoms with Gasteiger partial charge in [0.05, 0.1) is 12.6 Å². The van der Waals surface area contributed by atoms with Crippen molar-refractivity contribution in [3.8, 4) is 0 Å². The van der Waals surface area contributed by atoms with Gasteiger partial charge < -0.3 is 0 Å². The second-order valence-electron chi connectivity index (χ2n) is 5.89. The van der Waals surface area contributed by atoms with E-state index in [0.717, 1.165) is 31.2 Å². The molecule has 1 aliphatic heterocycles. The summed E-state index contributed by atoms with van der Waals surface area (Å²) in [6.07, 6.45) is 5.41. The van der Waals surface area contributed by atoms with E-state index in [1.165, 1.54) is 11.1 Å². The number of nitrogens with one attached hydrogen (secondary N) is 1. The van der Waals surface area contributed by atoms with Crippen molar-refractivity contribution in [1.29, 1.82) is 0 Å². The Morgan fingerprint density at radius 2 is 2.00 bits per heavy atom. The summed E-state index contributed by atoms with van der Waals surface area (Å²) in [7, 11) is 0. The van der Waals surface area contributed by atoms with Crippen LogP contribution in [0.4, 0.5) is 4.39 Å². The Labute approximate surface area is 131 Å². The monoisotopic (exact) mass is 305 g/mol. The normalized spacial score (nSPS) is 18.4. The highest BCUT2D eigenvalue weighted by molar-refractivity contribution is 6.00. The van der Waals surface area contributed by atoms with Crippen molar-refractivity contribution in [2.45, 2.75) is 57.8 Å². The number of alkyl halides is 1. The Balaban J connectivity index is 2.08. The Morgan fingerprint density at radius 3 is 2.68 bits per heavy atom. The molecule has 3 nitrogen and oxygen atoms in total. The third-order valence-corrected chi connectivity index (χ3v) is 4.33. The van der Waals surface area contributed by atoms with Gasteiger partial charge in [0.1, 0.15) is 0 Å². The highest BCUT2D eigenvalue weighted by Gasteiger charge is 2.28. The SMILES string of the molecule is CCc1cc(C2CCC(=O)NC2=O)ccc1CCCCCF. The lowest BCUT2D eigenvalue weighted by Crippen LogP contribution is -2.39. The molecule has 0 aliphatic carbocycles. The quantitative estimate of drug-likeness (QED) is 0.619. The molecular formula is C18H24FNO2. The molecule has 1 fully saturated rings. The summed E-state index contributed by atoms with van der Waals surface area (Å²) in [5.74, 6) is -0.584. The van der Waals surface area contributed by atoms with E-state index in [1.807, 2.05) is 6.07 Å². The van der Waals surface area contributed by atoms with Crippen molar-refractivity contribution >= 4 is 11.8 Å². The fourth-order valence-electron chi connectivity index (χ4n) is 3.03. The molecule has 1 saturated heterocycles. The number of rotatable bonds is 7. The minimum Gasteiger partial charge on any atom is -0.296 e. The van der Waals surface area contributed by atoms with Crippen LogP contribution >= 0.6 is 0 Å². The maximum atomic E-state index is 12.1. The number of imide groups is 1. The first-order valence-electron chi connectivity index (χ1n) is 8.17. The zero-order chi connectivity index (χ0) is 15.9. The zero-order valence-corrected chi connectivity index (χ0v) is 13.2. The average Bonchev–Trinajstić information content (AvgIpc) is 2.52. The van der Waals surface area contributed by atoms with Crippen LogP contribution in [0.2, 0.25) is 0 Å². The number of piperidine rings is 1. The van der Waals surface area contributed by atoms with E-state index in [-0.39, 0.29) is 24.4 Å². The van der Waals surface area contributed by atoms with Gasteiger partial charge in [-0.15, -0.1) is 0 Å². The standard InChI is InChI=1S/C18H24FNO2/c1-2-13-12-15(16-9-10-17(21)20-18(16)22)8-7-14(13)6-4-3-5-11-19/h7-8,12,16H,2-6,9-11H2,1H3,(H,20,21,22). The van der Waals surface area contributed by atoms with Crippen molar-refractivity contribution in [2.75, 3.05) is 6.67 Å². The van der Waals surface area contributed by atoms with E-state index in [4.69, 9.17) is 0 Å². The van der Waals surface area contributed by atoms with Crippen LogP contribution in [-0.4, -0.2) is 18.5 Å². The highest BCUT2D eigenvalue weighted by atomic mass is 19.1. The molecule has 1 aromatic carbocycles. The van der Waals surface area contributed by atoms with Crippen molar-refractivity contribution < 1.29 is 14.0 Å². The topological polar surface area (TPSA) is 46.2 Å². The lowest BCUT2D eigenvalue weighted by Gasteiger charge is -2.22. The van der Waals surface area contributed by atoms with Crippen molar-refractivity contribution in [1.82, 2.24) is 5.32 Å². The smallest absolute Gasteiger partial charge is 0.234 e. The van der Waals surface area contributed by atoms with Gasteiger partial charge in [-0.1, -0.05) is 31.5 Å². The molecule has 22 heavy (non-hydrogen) atoms. The molecule has 0 saturated carbocycles. The van der Waals surface area contributed by atoms with Crippen LogP contribution in [0.1, 0.15) is 61.6 Å². The number of hydrogen-bond donors (Lipinski definition) is 1. The largest absolute Gasteiger partial charge is 0.296 e. The first-order chi connectivity index (χ1) is 10.7. The van der Waals surface area contributed by atoms with E-state index in [0.29, 0.717) is 19.3 Å². The highest BCUT2D eigenvalue weighted by Crippen LogP contribution is 2.27. The fraction of sp³-hybridized carbons (Fsp3) is 0.556. The van der Waals surface area contributed by atoms with E-state index < -0.39 is 0 Å². The number of aryl methyl sites for hydroxylation is 2. The molecule has 0 aromatic heterocycles. The molecule has 2 rings (SSSR count). The van der Waals surface area contributed by atoms with Gasteiger partial charge in [-0.25, -0.2) is 0 Å². The number of carbonyl (C=O) groups is 2. The first-order valence-corrected chi connectivity index (χ1v) is 8.17. The van der Waals surface area contributed by atoms with Gasteiger partial charge in [0.2, 0.25) is 11.8 Å². The summed E-state index contributed by atoms with van der Waals surface area (Å²) in [5, 5.41) is 2.41. The molecule has 0 bridgehead atoms. The fourth-order valence-corrected chi connectivity index (χ4v) is 3.03. The molecule has 2 amide bonds. The summed E-state index contributed by atoms with van der Waals surface area (Å²) in [4.78, 5) is 23.2. The lowest BCUT2D eigenvalue weighted by atomic mass is 9.87. The molecule has 4 heteroatoms. The van der Waals surface area contributed by atoms with E-state index in [2.05, 4.69) is 24.4 Å². The summed E-state index contributed by atoms with van der Waals surface area (Å²) in [6, 6.07) is 6.20. The van der Waals surface area contributed by atoms with Crippen molar-refractivity contribution in [2.24, 2.45) is 0 Å². The number of benzene rings is 1. The molecule has 1 aliphatic rings. The predicted octanol–water partition coefficient (Wildman–Crippen LogP) is 3.45.